The molecular formula is C22H23ClN2O2. The zero-order valence-corrected chi connectivity index (χ0v) is 16.2. The molecule has 2 aromatic rings. The standard InChI is InChI=1S/C22H23ClN2O2/c1-15-6-2-4-8-19(15)21-12-18(27-24-21)14-25(22(26)16-10-11-16)13-17-7-3-5-9-20(17)23/h2-9,16,18H,10-14H2,1H3/t18-/m1/s1. The van der Waals surface area contributed by atoms with E-state index in [2.05, 4.69) is 24.2 Å². The van der Waals surface area contributed by atoms with Crippen molar-refractivity contribution in [1.29, 1.82) is 0 Å². The summed E-state index contributed by atoms with van der Waals surface area (Å²) in [6, 6.07) is 15.9. The molecule has 2 aliphatic rings. The minimum Gasteiger partial charge on any atom is -0.390 e. The first-order valence-corrected chi connectivity index (χ1v) is 9.80. The lowest BCUT2D eigenvalue weighted by molar-refractivity contribution is -0.135. The number of carbonyl (C=O) groups excluding carboxylic acids is 1. The highest BCUT2D eigenvalue weighted by molar-refractivity contribution is 6.31. The molecule has 27 heavy (non-hydrogen) atoms. The Morgan fingerprint density at radius 3 is 2.67 bits per heavy atom. The van der Waals surface area contributed by atoms with Gasteiger partial charge in [-0.1, -0.05) is 59.2 Å². The molecule has 0 radical (unpaired) electrons. The van der Waals surface area contributed by atoms with Gasteiger partial charge in [-0.2, -0.15) is 0 Å². The smallest absolute Gasteiger partial charge is 0.226 e. The Hall–Kier alpha value is -2.33. The van der Waals surface area contributed by atoms with E-state index in [0.29, 0.717) is 24.5 Å². The second kappa shape index (κ2) is 7.73. The highest BCUT2D eigenvalue weighted by Crippen LogP contribution is 2.32. The highest BCUT2D eigenvalue weighted by atomic mass is 35.5. The molecule has 1 aliphatic heterocycles. The Balaban J connectivity index is 1.46. The lowest BCUT2D eigenvalue weighted by Gasteiger charge is -2.25. The molecule has 0 unspecified atom stereocenters. The van der Waals surface area contributed by atoms with E-state index >= 15 is 0 Å². The molecule has 0 spiro atoms. The number of halogens is 1. The van der Waals surface area contributed by atoms with E-state index in [9.17, 15) is 4.79 Å². The molecule has 4 rings (SSSR count). The van der Waals surface area contributed by atoms with Crippen LogP contribution >= 0.6 is 11.6 Å². The van der Waals surface area contributed by atoms with Gasteiger partial charge in [0.25, 0.3) is 0 Å². The van der Waals surface area contributed by atoms with Crippen LogP contribution in [0.15, 0.2) is 53.7 Å². The van der Waals surface area contributed by atoms with Gasteiger partial charge in [0, 0.05) is 29.5 Å². The molecule has 1 saturated carbocycles. The Morgan fingerprint density at radius 1 is 1.19 bits per heavy atom. The number of hydrogen-bond donors (Lipinski definition) is 0. The lowest BCUT2D eigenvalue weighted by Crippen LogP contribution is -2.38. The quantitative estimate of drug-likeness (QED) is 0.733. The normalized spacial score (nSPS) is 18.7. The number of hydrogen-bond acceptors (Lipinski definition) is 3. The van der Waals surface area contributed by atoms with E-state index in [0.717, 1.165) is 29.7 Å². The fraction of sp³-hybridized carbons (Fsp3) is 0.364. The molecule has 1 amide bonds. The molecule has 5 heteroatoms. The van der Waals surface area contributed by atoms with E-state index in [-0.39, 0.29) is 17.9 Å². The number of oxime groups is 1. The van der Waals surface area contributed by atoms with Crippen LogP contribution in [-0.2, 0) is 16.2 Å². The van der Waals surface area contributed by atoms with Crippen molar-refractivity contribution in [3.63, 3.8) is 0 Å². The van der Waals surface area contributed by atoms with Crippen LogP contribution in [0, 0.1) is 12.8 Å². The van der Waals surface area contributed by atoms with Gasteiger partial charge in [0.05, 0.1) is 12.3 Å². The lowest BCUT2D eigenvalue weighted by atomic mass is 10.00. The average molecular weight is 383 g/mol. The fourth-order valence-corrected chi connectivity index (χ4v) is 3.68. The minimum absolute atomic E-state index is 0.121. The summed E-state index contributed by atoms with van der Waals surface area (Å²) in [7, 11) is 0. The summed E-state index contributed by atoms with van der Waals surface area (Å²) in [6.07, 6.45) is 2.55. The molecule has 140 valence electrons. The van der Waals surface area contributed by atoms with E-state index in [1.807, 2.05) is 41.3 Å². The van der Waals surface area contributed by atoms with Gasteiger partial charge in [-0.05, 0) is 37.0 Å². The number of rotatable bonds is 6. The van der Waals surface area contributed by atoms with Crippen molar-refractivity contribution in [2.75, 3.05) is 6.54 Å². The largest absolute Gasteiger partial charge is 0.390 e. The van der Waals surface area contributed by atoms with E-state index in [1.165, 1.54) is 5.56 Å². The van der Waals surface area contributed by atoms with E-state index in [4.69, 9.17) is 16.4 Å². The number of amides is 1. The van der Waals surface area contributed by atoms with Gasteiger partial charge in [-0.3, -0.25) is 4.79 Å². The summed E-state index contributed by atoms with van der Waals surface area (Å²) in [5, 5.41) is 4.99. The third kappa shape index (κ3) is 4.16. The van der Waals surface area contributed by atoms with Gasteiger partial charge in [0.1, 0.15) is 0 Å². The van der Waals surface area contributed by atoms with Crippen molar-refractivity contribution < 1.29 is 9.63 Å². The Kier molecular flexibility index (Phi) is 5.17. The first-order chi connectivity index (χ1) is 13.1. The second-order valence-corrected chi connectivity index (χ2v) is 7.78. The van der Waals surface area contributed by atoms with Gasteiger partial charge < -0.3 is 9.74 Å². The maximum atomic E-state index is 12.8. The molecule has 2 aromatic carbocycles. The van der Waals surface area contributed by atoms with Gasteiger partial charge in [0.15, 0.2) is 6.10 Å². The van der Waals surface area contributed by atoms with Gasteiger partial charge >= 0.3 is 0 Å². The monoisotopic (exact) mass is 382 g/mol. The first-order valence-electron chi connectivity index (χ1n) is 9.42. The van der Waals surface area contributed by atoms with Crippen LogP contribution < -0.4 is 0 Å². The Morgan fingerprint density at radius 2 is 1.93 bits per heavy atom. The van der Waals surface area contributed by atoms with Crippen LogP contribution in [0.2, 0.25) is 5.02 Å². The number of nitrogens with zero attached hydrogens (tertiary/aromatic N) is 2. The van der Waals surface area contributed by atoms with Crippen molar-refractivity contribution in [1.82, 2.24) is 4.90 Å². The van der Waals surface area contributed by atoms with E-state index < -0.39 is 0 Å². The predicted molar refractivity (Wildman–Crippen MR) is 107 cm³/mol. The second-order valence-electron chi connectivity index (χ2n) is 7.37. The molecule has 1 fully saturated rings. The van der Waals surface area contributed by atoms with Crippen molar-refractivity contribution in [3.05, 3.63) is 70.2 Å². The molecule has 4 nitrogen and oxygen atoms in total. The average Bonchev–Trinajstić information content (AvgIpc) is 3.42. The van der Waals surface area contributed by atoms with Gasteiger partial charge in [0.2, 0.25) is 5.91 Å². The minimum atomic E-state index is -0.121. The molecule has 0 saturated heterocycles. The summed E-state index contributed by atoms with van der Waals surface area (Å²) >= 11 is 6.31. The van der Waals surface area contributed by atoms with Crippen molar-refractivity contribution in [2.45, 2.75) is 38.8 Å². The van der Waals surface area contributed by atoms with Crippen molar-refractivity contribution >= 4 is 23.2 Å². The topological polar surface area (TPSA) is 41.9 Å². The number of benzene rings is 2. The zero-order chi connectivity index (χ0) is 18.8. The van der Waals surface area contributed by atoms with Crippen LogP contribution in [0.1, 0.15) is 36.0 Å². The molecule has 0 aromatic heterocycles. The van der Waals surface area contributed by atoms with Crippen LogP contribution in [0.5, 0.6) is 0 Å². The summed E-state index contributed by atoms with van der Waals surface area (Å²) in [5.41, 5.74) is 4.22. The van der Waals surface area contributed by atoms with Gasteiger partial charge in [-0.25, -0.2) is 0 Å². The van der Waals surface area contributed by atoms with Crippen molar-refractivity contribution in [3.8, 4) is 0 Å². The SMILES string of the molecule is Cc1ccccc1C1=NO[C@@H](CN(Cc2ccccc2Cl)C(=O)C2CC2)C1. The molecular weight excluding hydrogens is 360 g/mol. The van der Waals surface area contributed by atoms with Gasteiger partial charge in [-0.15, -0.1) is 0 Å². The number of carbonyl (C=O) groups is 1. The predicted octanol–water partition coefficient (Wildman–Crippen LogP) is 4.58. The summed E-state index contributed by atoms with van der Waals surface area (Å²) in [5.74, 6) is 0.355. The molecule has 0 bridgehead atoms. The first kappa shape index (κ1) is 18.1. The molecule has 0 N–H and O–H groups in total. The maximum absolute atomic E-state index is 12.8. The maximum Gasteiger partial charge on any atom is 0.226 e. The van der Waals surface area contributed by atoms with Crippen molar-refractivity contribution in [2.24, 2.45) is 11.1 Å². The Bertz CT molecular complexity index is 876. The Labute approximate surface area is 164 Å². The summed E-state index contributed by atoms with van der Waals surface area (Å²) < 4.78 is 0. The fourth-order valence-electron chi connectivity index (χ4n) is 3.48. The third-order valence-electron chi connectivity index (χ3n) is 5.17. The summed E-state index contributed by atoms with van der Waals surface area (Å²) in [4.78, 5) is 20.4. The molecule has 1 aliphatic carbocycles. The van der Waals surface area contributed by atoms with E-state index in [1.54, 1.807) is 0 Å². The van der Waals surface area contributed by atoms with Crippen LogP contribution in [-0.4, -0.2) is 29.2 Å². The number of aryl methyl sites for hydroxylation is 1. The molecule has 1 heterocycles. The zero-order valence-electron chi connectivity index (χ0n) is 15.4. The third-order valence-corrected chi connectivity index (χ3v) is 5.54. The van der Waals surface area contributed by atoms with Crippen LogP contribution in [0.4, 0.5) is 0 Å². The van der Waals surface area contributed by atoms with Crippen LogP contribution in [0.3, 0.4) is 0 Å². The van der Waals surface area contributed by atoms with Crippen LogP contribution in [0.25, 0.3) is 0 Å². The molecule has 1 atom stereocenters. The summed E-state index contributed by atoms with van der Waals surface area (Å²) in [6.45, 7) is 3.11. The highest BCUT2D eigenvalue weighted by Gasteiger charge is 2.36.